The molecule has 3 rings (SSSR count). The van der Waals surface area contributed by atoms with E-state index in [1.54, 1.807) is 0 Å². The van der Waals surface area contributed by atoms with Crippen LogP contribution in [0.2, 0.25) is 0 Å². The SMILES string of the molecule is CC(C)(C)C1CCCCC1NC(=O)CC1Sc2ccccc2NC1=O. The van der Waals surface area contributed by atoms with Crippen LogP contribution in [0, 0.1) is 11.3 Å². The summed E-state index contributed by atoms with van der Waals surface area (Å²) < 4.78 is 0. The number of amides is 2. The van der Waals surface area contributed by atoms with Crippen molar-refractivity contribution in [3.63, 3.8) is 0 Å². The number of carbonyl (C=O) groups excluding carboxylic acids is 2. The number of fused-ring (bicyclic) bond motifs is 1. The van der Waals surface area contributed by atoms with E-state index in [0.717, 1.165) is 17.0 Å². The van der Waals surface area contributed by atoms with Crippen LogP contribution in [-0.2, 0) is 9.59 Å². The Bertz CT molecular complexity index is 653. The molecule has 1 aromatic rings. The number of nitrogens with one attached hydrogen (secondary N) is 2. The fraction of sp³-hybridized carbons (Fsp3) is 0.600. The van der Waals surface area contributed by atoms with Crippen molar-refractivity contribution < 1.29 is 9.59 Å². The second-order valence-electron chi connectivity index (χ2n) is 8.23. The minimum absolute atomic E-state index is 0.00631. The lowest BCUT2D eigenvalue weighted by Crippen LogP contribution is -2.47. The predicted octanol–water partition coefficient (Wildman–Crippen LogP) is 4.21. The molecule has 4 nitrogen and oxygen atoms in total. The second-order valence-corrected chi connectivity index (χ2v) is 9.47. The number of hydrogen-bond donors (Lipinski definition) is 2. The smallest absolute Gasteiger partial charge is 0.238 e. The summed E-state index contributed by atoms with van der Waals surface area (Å²) in [7, 11) is 0. The Kier molecular flexibility index (Phi) is 5.42. The Morgan fingerprint density at radius 2 is 1.96 bits per heavy atom. The van der Waals surface area contributed by atoms with Crippen LogP contribution < -0.4 is 10.6 Å². The van der Waals surface area contributed by atoms with E-state index in [1.807, 2.05) is 24.3 Å². The zero-order valence-corrected chi connectivity index (χ0v) is 16.1. The fourth-order valence-corrected chi connectivity index (χ4v) is 5.11. The van der Waals surface area contributed by atoms with Crippen LogP contribution in [0.5, 0.6) is 0 Å². The molecule has 0 bridgehead atoms. The molecule has 136 valence electrons. The number of thioether (sulfide) groups is 1. The summed E-state index contributed by atoms with van der Waals surface area (Å²) in [5, 5.41) is 5.79. The third-order valence-electron chi connectivity index (χ3n) is 5.30. The number of para-hydroxylation sites is 1. The average Bonchev–Trinajstić information content (AvgIpc) is 2.55. The van der Waals surface area contributed by atoms with Gasteiger partial charge in [-0.25, -0.2) is 0 Å². The van der Waals surface area contributed by atoms with Gasteiger partial charge in [0.2, 0.25) is 11.8 Å². The van der Waals surface area contributed by atoms with E-state index < -0.39 is 0 Å². The maximum absolute atomic E-state index is 12.6. The molecule has 1 saturated carbocycles. The topological polar surface area (TPSA) is 58.2 Å². The Labute approximate surface area is 154 Å². The summed E-state index contributed by atoms with van der Waals surface area (Å²) in [6.45, 7) is 6.76. The largest absolute Gasteiger partial charge is 0.353 e. The number of anilines is 1. The van der Waals surface area contributed by atoms with Crippen LogP contribution in [-0.4, -0.2) is 23.1 Å². The highest BCUT2D eigenvalue weighted by molar-refractivity contribution is 8.01. The van der Waals surface area contributed by atoms with Crippen LogP contribution in [0.25, 0.3) is 0 Å². The molecule has 1 heterocycles. The quantitative estimate of drug-likeness (QED) is 0.849. The Morgan fingerprint density at radius 1 is 1.24 bits per heavy atom. The molecule has 1 aromatic carbocycles. The van der Waals surface area contributed by atoms with Crippen LogP contribution in [0.1, 0.15) is 52.9 Å². The summed E-state index contributed by atoms with van der Waals surface area (Å²) in [5.41, 5.74) is 1.03. The van der Waals surface area contributed by atoms with Crippen molar-refractivity contribution in [3.8, 4) is 0 Å². The van der Waals surface area contributed by atoms with Gasteiger partial charge >= 0.3 is 0 Å². The van der Waals surface area contributed by atoms with Gasteiger partial charge in [-0.3, -0.25) is 9.59 Å². The van der Waals surface area contributed by atoms with E-state index in [0.29, 0.717) is 5.92 Å². The first-order chi connectivity index (χ1) is 11.8. The zero-order valence-electron chi connectivity index (χ0n) is 15.3. The average molecular weight is 361 g/mol. The minimum Gasteiger partial charge on any atom is -0.353 e. The first-order valence-electron chi connectivity index (χ1n) is 9.20. The van der Waals surface area contributed by atoms with Gasteiger partial charge in [-0.05, 0) is 36.3 Å². The monoisotopic (exact) mass is 360 g/mol. The molecule has 3 unspecified atom stereocenters. The first-order valence-corrected chi connectivity index (χ1v) is 10.1. The first kappa shape index (κ1) is 18.3. The summed E-state index contributed by atoms with van der Waals surface area (Å²) in [4.78, 5) is 25.9. The van der Waals surface area contributed by atoms with Gasteiger partial charge in [0.05, 0.1) is 10.9 Å². The van der Waals surface area contributed by atoms with Crippen molar-refractivity contribution in [1.29, 1.82) is 0 Å². The molecule has 0 spiro atoms. The number of hydrogen-bond acceptors (Lipinski definition) is 3. The van der Waals surface area contributed by atoms with Gasteiger partial charge in [-0.15, -0.1) is 11.8 Å². The lowest BCUT2D eigenvalue weighted by atomic mass is 9.69. The van der Waals surface area contributed by atoms with Crippen molar-refractivity contribution in [3.05, 3.63) is 24.3 Å². The highest BCUT2D eigenvalue weighted by atomic mass is 32.2. The van der Waals surface area contributed by atoms with Crippen molar-refractivity contribution in [2.24, 2.45) is 11.3 Å². The third-order valence-corrected chi connectivity index (χ3v) is 6.58. The molecule has 25 heavy (non-hydrogen) atoms. The molecule has 2 aliphatic rings. The molecule has 5 heteroatoms. The van der Waals surface area contributed by atoms with Crippen LogP contribution in [0.3, 0.4) is 0 Å². The lowest BCUT2D eigenvalue weighted by Gasteiger charge is -2.41. The molecule has 2 amide bonds. The van der Waals surface area contributed by atoms with Crippen LogP contribution >= 0.6 is 11.8 Å². The highest BCUT2D eigenvalue weighted by Gasteiger charge is 2.36. The number of rotatable bonds is 3. The van der Waals surface area contributed by atoms with Crippen LogP contribution in [0.4, 0.5) is 5.69 Å². The molecule has 0 radical (unpaired) electrons. The van der Waals surface area contributed by atoms with Crippen LogP contribution in [0.15, 0.2) is 29.2 Å². The predicted molar refractivity (Wildman–Crippen MR) is 103 cm³/mol. The van der Waals surface area contributed by atoms with Gasteiger partial charge in [0.15, 0.2) is 0 Å². The Morgan fingerprint density at radius 3 is 2.72 bits per heavy atom. The van der Waals surface area contributed by atoms with Crippen molar-refractivity contribution >= 4 is 29.3 Å². The minimum atomic E-state index is -0.355. The fourth-order valence-electron chi connectivity index (χ4n) is 4.00. The standard InChI is InChI=1S/C20H28N2O2S/c1-20(2,3)13-8-4-5-9-14(13)21-18(23)12-17-19(24)22-15-10-6-7-11-16(15)25-17/h6-7,10-11,13-14,17H,4-5,8-9,12H2,1-3H3,(H,21,23)(H,22,24). The van der Waals surface area contributed by atoms with Gasteiger partial charge < -0.3 is 10.6 Å². The van der Waals surface area contributed by atoms with E-state index in [2.05, 4.69) is 31.4 Å². The number of benzene rings is 1. The summed E-state index contributed by atoms with van der Waals surface area (Å²) in [6.07, 6.45) is 4.86. The molecular weight excluding hydrogens is 332 g/mol. The molecule has 1 aliphatic heterocycles. The van der Waals surface area contributed by atoms with Gasteiger partial charge in [-0.1, -0.05) is 45.7 Å². The molecule has 1 aliphatic carbocycles. The summed E-state index contributed by atoms with van der Waals surface area (Å²) in [6, 6.07) is 7.97. The second kappa shape index (κ2) is 7.40. The van der Waals surface area contributed by atoms with E-state index in [9.17, 15) is 9.59 Å². The van der Waals surface area contributed by atoms with E-state index >= 15 is 0 Å². The normalized spacial score (nSPS) is 26.5. The summed E-state index contributed by atoms with van der Waals surface area (Å²) in [5.74, 6) is 0.418. The van der Waals surface area contributed by atoms with Gasteiger partial charge in [0.25, 0.3) is 0 Å². The maximum Gasteiger partial charge on any atom is 0.238 e. The van der Waals surface area contributed by atoms with Crippen molar-refractivity contribution in [2.45, 2.75) is 69.1 Å². The van der Waals surface area contributed by atoms with E-state index in [1.165, 1.54) is 31.0 Å². The van der Waals surface area contributed by atoms with Gasteiger partial charge in [0, 0.05) is 17.4 Å². The third kappa shape index (κ3) is 4.38. The zero-order chi connectivity index (χ0) is 18.0. The van der Waals surface area contributed by atoms with E-state index in [-0.39, 0.29) is 34.9 Å². The lowest BCUT2D eigenvalue weighted by molar-refractivity contribution is -0.125. The Hall–Kier alpha value is -1.49. The molecule has 0 aromatic heterocycles. The molecular formula is C20H28N2O2S. The summed E-state index contributed by atoms with van der Waals surface area (Å²) >= 11 is 1.49. The maximum atomic E-state index is 12.6. The van der Waals surface area contributed by atoms with Crippen molar-refractivity contribution in [2.75, 3.05) is 5.32 Å². The van der Waals surface area contributed by atoms with Crippen molar-refractivity contribution in [1.82, 2.24) is 5.32 Å². The molecule has 3 atom stereocenters. The number of carbonyl (C=O) groups is 2. The van der Waals surface area contributed by atoms with Gasteiger partial charge in [0.1, 0.15) is 0 Å². The highest BCUT2D eigenvalue weighted by Crippen LogP contribution is 2.39. The molecule has 0 saturated heterocycles. The van der Waals surface area contributed by atoms with E-state index in [4.69, 9.17) is 0 Å². The molecule has 1 fully saturated rings. The Balaban J connectivity index is 1.61. The van der Waals surface area contributed by atoms with Gasteiger partial charge in [-0.2, -0.15) is 0 Å². The molecule has 2 N–H and O–H groups in total.